The molecule has 34 heavy (non-hydrogen) atoms. The zero-order valence-corrected chi connectivity index (χ0v) is 20.2. The van der Waals surface area contributed by atoms with Crippen LogP contribution in [0.15, 0.2) is 42.6 Å². The number of methoxy groups -OCH3 is 1. The second kappa shape index (κ2) is 10.1. The largest absolute Gasteiger partial charge is 0.383 e. The molecule has 0 bridgehead atoms. The first-order chi connectivity index (χ1) is 16.4. The Morgan fingerprint density at radius 2 is 1.94 bits per heavy atom. The molecule has 0 unspecified atom stereocenters. The predicted molar refractivity (Wildman–Crippen MR) is 128 cm³/mol. The number of halogens is 1. The van der Waals surface area contributed by atoms with Crippen LogP contribution in [0.2, 0.25) is 5.02 Å². The number of piperidine rings is 1. The van der Waals surface area contributed by atoms with Crippen LogP contribution in [0.25, 0.3) is 0 Å². The fourth-order valence-electron chi connectivity index (χ4n) is 4.97. The molecule has 0 spiro atoms. The van der Waals surface area contributed by atoms with Gasteiger partial charge in [-0.2, -0.15) is 0 Å². The number of rotatable bonds is 7. The zero-order chi connectivity index (χ0) is 24.3. The van der Waals surface area contributed by atoms with E-state index in [1.54, 1.807) is 29.3 Å². The van der Waals surface area contributed by atoms with E-state index < -0.39 is 11.6 Å². The topological polar surface area (TPSA) is 91.8 Å². The first kappa shape index (κ1) is 24.2. The van der Waals surface area contributed by atoms with Gasteiger partial charge in [-0.05, 0) is 49.4 Å². The number of nitrogens with zero attached hydrogens (tertiary/aromatic N) is 3. The zero-order valence-electron chi connectivity index (χ0n) is 19.4. The molecule has 0 aliphatic carbocycles. The molecular formula is C25H29ClN4O4. The van der Waals surface area contributed by atoms with E-state index in [2.05, 4.69) is 10.3 Å². The highest BCUT2D eigenvalue weighted by molar-refractivity contribution is 6.31. The molecule has 0 radical (unpaired) electrons. The van der Waals surface area contributed by atoms with Crippen LogP contribution in [0.1, 0.15) is 34.5 Å². The van der Waals surface area contributed by atoms with Crippen molar-refractivity contribution in [1.29, 1.82) is 0 Å². The number of carbonyl (C=O) groups is 3. The number of benzene rings is 1. The lowest BCUT2D eigenvalue weighted by atomic mass is 9.73. The smallest absolute Gasteiger partial charge is 0.325 e. The molecule has 2 aromatic rings. The van der Waals surface area contributed by atoms with Crippen molar-refractivity contribution >= 4 is 29.4 Å². The van der Waals surface area contributed by atoms with E-state index in [0.29, 0.717) is 48.6 Å². The van der Waals surface area contributed by atoms with E-state index >= 15 is 0 Å². The van der Waals surface area contributed by atoms with Crippen LogP contribution in [0.5, 0.6) is 0 Å². The van der Waals surface area contributed by atoms with Gasteiger partial charge in [0.15, 0.2) is 0 Å². The molecule has 9 heteroatoms. The molecule has 0 saturated carbocycles. The number of aryl methyl sites for hydroxylation is 1. The standard InChI is InChI=1S/C25H29ClN4O4/c1-17-20(7-5-11-27-17)22(31)29-12-9-19(10-13-29)25(16-18-6-3-4-8-21(18)26)23(32)30(14-15-34-2)24(33)28-25/h3-8,11,19H,9-10,12-16H2,1-2H3,(H,28,33)/t25-/m1/s1. The number of aromatic nitrogens is 1. The van der Waals surface area contributed by atoms with Gasteiger partial charge < -0.3 is 15.0 Å². The van der Waals surface area contributed by atoms with Crippen LogP contribution in [0.4, 0.5) is 4.79 Å². The molecular weight excluding hydrogens is 456 g/mol. The van der Waals surface area contributed by atoms with E-state index in [9.17, 15) is 14.4 Å². The number of amides is 4. The number of hydrogen-bond acceptors (Lipinski definition) is 5. The summed E-state index contributed by atoms with van der Waals surface area (Å²) in [7, 11) is 1.53. The van der Waals surface area contributed by atoms with Gasteiger partial charge >= 0.3 is 6.03 Å². The van der Waals surface area contributed by atoms with Crippen molar-refractivity contribution in [1.82, 2.24) is 20.1 Å². The second-order valence-electron chi connectivity index (χ2n) is 8.82. The summed E-state index contributed by atoms with van der Waals surface area (Å²) in [5.74, 6) is -0.470. The molecule has 3 heterocycles. The first-order valence-electron chi connectivity index (χ1n) is 11.4. The van der Waals surface area contributed by atoms with Crippen molar-refractivity contribution in [3.05, 3.63) is 64.4 Å². The Morgan fingerprint density at radius 1 is 1.21 bits per heavy atom. The summed E-state index contributed by atoms with van der Waals surface area (Å²) >= 11 is 6.44. The van der Waals surface area contributed by atoms with E-state index in [4.69, 9.17) is 16.3 Å². The molecule has 4 amide bonds. The molecule has 2 aliphatic heterocycles. The lowest BCUT2D eigenvalue weighted by Gasteiger charge is -2.41. The minimum Gasteiger partial charge on any atom is -0.383 e. The molecule has 1 aromatic heterocycles. The fraction of sp³-hybridized carbons (Fsp3) is 0.440. The fourth-order valence-corrected chi connectivity index (χ4v) is 5.17. The highest BCUT2D eigenvalue weighted by atomic mass is 35.5. The third-order valence-electron chi connectivity index (χ3n) is 6.86. The van der Waals surface area contributed by atoms with Gasteiger partial charge in [0.2, 0.25) is 0 Å². The maximum Gasteiger partial charge on any atom is 0.325 e. The lowest BCUT2D eigenvalue weighted by Crippen LogP contribution is -2.58. The van der Waals surface area contributed by atoms with Gasteiger partial charge in [0.05, 0.1) is 18.7 Å². The summed E-state index contributed by atoms with van der Waals surface area (Å²) in [5.41, 5.74) is 0.963. The van der Waals surface area contributed by atoms with Crippen LogP contribution in [0, 0.1) is 12.8 Å². The molecule has 8 nitrogen and oxygen atoms in total. The summed E-state index contributed by atoms with van der Waals surface area (Å²) < 4.78 is 5.10. The van der Waals surface area contributed by atoms with Gasteiger partial charge in [0.1, 0.15) is 5.54 Å². The Labute approximate surface area is 204 Å². The van der Waals surface area contributed by atoms with Gasteiger partial charge in [-0.25, -0.2) is 4.79 Å². The van der Waals surface area contributed by atoms with E-state index in [1.165, 1.54) is 12.0 Å². The van der Waals surface area contributed by atoms with Crippen molar-refractivity contribution in [2.75, 3.05) is 33.4 Å². The van der Waals surface area contributed by atoms with Crippen molar-refractivity contribution in [3.8, 4) is 0 Å². The van der Waals surface area contributed by atoms with Gasteiger partial charge in [-0.15, -0.1) is 0 Å². The summed E-state index contributed by atoms with van der Waals surface area (Å²) in [6.45, 7) is 3.24. The number of carbonyl (C=O) groups excluding carboxylic acids is 3. The average Bonchev–Trinajstić information content (AvgIpc) is 3.08. The van der Waals surface area contributed by atoms with Gasteiger partial charge in [0, 0.05) is 43.5 Å². The number of nitrogens with one attached hydrogen (secondary N) is 1. The Balaban J connectivity index is 1.58. The number of hydrogen-bond donors (Lipinski definition) is 1. The number of pyridine rings is 1. The minimum absolute atomic E-state index is 0.0623. The van der Waals surface area contributed by atoms with Gasteiger partial charge in [-0.1, -0.05) is 29.8 Å². The molecule has 1 aromatic carbocycles. The Kier molecular flexibility index (Phi) is 7.19. The minimum atomic E-state index is -1.12. The average molecular weight is 485 g/mol. The lowest BCUT2D eigenvalue weighted by molar-refractivity contribution is -0.134. The summed E-state index contributed by atoms with van der Waals surface area (Å²) in [4.78, 5) is 46.9. The predicted octanol–water partition coefficient (Wildman–Crippen LogP) is 3.08. The van der Waals surface area contributed by atoms with Crippen molar-refractivity contribution < 1.29 is 19.1 Å². The van der Waals surface area contributed by atoms with Gasteiger partial charge in [-0.3, -0.25) is 19.5 Å². The molecule has 2 saturated heterocycles. The number of ether oxygens (including phenoxy) is 1. The van der Waals surface area contributed by atoms with Crippen LogP contribution in [0.3, 0.4) is 0 Å². The van der Waals surface area contributed by atoms with E-state index in [0.717, 1.165) is 5.56 Å². The molecule has 1 N–H and O–H groups in total. The number of urea groups is 1. The van der Waals surface area contributed by atoms with Crippen molar-refractivity contribution in [2.24, 2.45) is 5.92 Å². The molecule has 2 fully saturated rings. The first-order valence-corrected chi connectivity index (χ1v) is 11.8. The Morgan fingerprint density at radius 3 is 2.62 bits per heavy atom. The normalized spacial score (nSPS) is 21.1. The van der Waals surface area contributed by atoms with Gasteiger partial charge in [0.25, 0.3) is 11.8 Å². The highest BCUT2D eigenvalue weighted by Crippen LogP contribution is 2.38. The quantitative estimate of drug-likeness (QED) is 0.610. The summed E-state index contributed by atoms with van der Waals surface area (Å²) in [6, 6.07) is 10.5. The van der Waals surface area contributed by atoms with Crippen LogP contribution in [-0.2, 0) is 16.0 Å². The summed E-state index contributed by atoms with van der Waals surface area (Å²) in [5, 5.41) is 3.57. The van der Waals surface area contributed by atoms with Crippen molar-refractivity contribution in [3.63, 3.8) is 0 Å². The Bertz CT molecular complexity index is 1090. The molecule has 2 aliphatic rings. The monoisotopic (exact) mass is 484 g/mol. The van der Waals surface area contributed by atoms with Crippen molar-refractivity contribution in [2.45, 2.75) is 31.7 Å². The second-order valence-corrected chi connectivity index (χ2v) is 9.23. The van der Waals surface area contributed by atoms with Crippen LogP contribution < -0.4 is 5.32 Å². The van der Waals surface area contributed by atoms with E-state index in [-0.39, 0.29) is 30.9 Å². The molecule has 180 valence electrons. The third-order valence-corrected chi connectivity index (χ3v) is 7.23. The number of likely N-dealkylation sites (tertiary alicyclic amines) is 1. The molecule has 1 atom stereocenters. The summed E-state index contributed by atoms with van der Waals surface area (Å²) in [6.07, 6.45) is 3.13. The SMILES string of the molecule is COCCN1C(=O)N[C@](Cc2ccccc2Cl)(C2CCN(C(=O)c3cccnc3C)CC2)C1=O. The maximum atomic E-state index is 13.7. The maximum absolute atomic E-state index is 13.7. The highest BCUT2D eigenvalue weighted by Gasteiger charge is 2.56. The van der Waals surface area contributed by atoms with Crippen LogP contribution in [-0.4, -0.2) is 71.5 Å². The third kappa shape index (κ3) is 4.52. The van der Waals surface area contributed by atoms with E-state index in [1.807, 2.05) is 25.1 Å². The molecule has 4 rings (SSSR count). The number of imide groups is 1. The Hall–Kier alpha value is -2.97. The van der Waals surface area contributed by atoms with Crippen LogP contribution >= 0.6 is 11.6 Å².